The summed E-state index contributed by atoms with van der Waals surface area (Å²) < 4.78 is 1.29. The Kier molecular flexibility index (Phi) is 4.60. The molecule has 0 atom stereocenters. The van der Waals surface area contributed by atoms with E-state index in [4.69, 9.17) is 0 Å². The van der Waals surface area contributed by atoms with Crippen LogP contribution in [-0.4, -0.2) is 32.1 Å². The summed E-state index contributed by atoms with van der Waals surface area (Å²) in [5.41, 5.74) is 0.327. The fourth-order valence-corrected chi connectivity index (χ4v) is 1.82. The summed E-state index contributed by atoms with van der Waals surface area (Å²) in [7, 11) is 0. The molecule has 1 aromatic carbocycles. The molecule has 0 saturated heterocycles. The van der Waals surface area contributed by atoms with Gasteiger partial charge in [0.15, 0.2) is 0 Å². The van der Waals surface area contributed by atoms with Crippen molar-refractivity contribution in [3.8, 4) is 5.69 Å². The molecule has 110 valence electrons. The zero-order valence-electron chi connectivity index (χ0n) is 11.5. The standard InChI is InChI=1S/C13H15N5O3/c1-2-3-6-15-13(19)10-4-5-11(12(7-10)18(20)21)17-9-14-8-16-17/h4-5,7-9H,2-3,6H2,1H3,(H,15,19). The summed E-state index contributed by atoms with van der Waals surface area (Å²) in [6.45, 7) is 2.57. The van der Waals surface area contributed by atoms with Gasteiger partial charge in [-0.2, -0.15) is 5.10 Å². The number of carbonyl (C=O) groups excluding carboxylic acids is 1. The highest BCUT2D eigenvalue weighted by Crippen LogP contribution is 2.23. The predicted octanol–water partition coefficient (Wildman–Crippen LogP) is 1.71. The lowest BCUT2D eigenvalue weighted by atomic mass is 10.1. The van der Waals surface area contributed by atoms with Crippen LogP contribution in [0.3, 0.4) is 0 Å². The molecule has 1 aromatic heterocycles. The number of unbranched alkanes of at least 4 members (excludes halogenated alkanes) is 1. The predicted molar refractivity (Wildman–Crippen MR) is 75.3 cm³/mol. The molecule has 8 heteroatoms. The van der Waals surface area contributed by atoms with Gasteiger partial charge in [-0.3, -0.25) is 14.9 Å². The van der Waals surface area contributed by atoms with Gasteiger partial charge in [0.1, 0.15) is 18.3 Å². The molecule has 21 heavy (non-hydrogen) atoms. The van der Waals surface area contributed by atoms with Gasteiger partial charge in [0, 0.05) is 18.2 Å². The lowest BCUT2D eigenvalue weighted by molar-refractivity contribution is -0.384. The highest BCUT2D eigenvalue weighted by atomic mass is 16.6. The first-order valence-corrected chi connectivity index (χ1v) is 6.55. The molecular weight excluding hydrogens is 274 g/mol. The quantitative estimate of drug-likeness (QED) is 0.495. The molecule has 8 nitrogen and oxygen atoms in total. The second kappa shape index (κ2) is 6.60. The summed E-state index contributed by atoms with van der Waals surface area (Å²) in [5, 5.41) is 17.8. The molecule has 0 bridgehead atoms. The minimum atomic E-state index is -0.542. The molecule has 0 aliphatic rings. The summed E-state index contributed by atoms with van der Waals surface area (Å²) >= 11 is 0. The van der Waals surface area contributed by atoms with Crippen molar-refractivity contribution in [2.45, 2.75) is 19.8 Å². The number of aromatic nitrogens is 3. The summed E-state index contributed by atoms with van der Waals surface area (Å²) in [5.74, 6) is -0.323. The lowest BCUT2D eigenvalue weighted by Gasteiger charge is -2.06. The maximum absolute atomic E-state index is 11.9. The largest absolute Gasteiger partial charge is 0.352 e. The van der Waals surface area contributed by atoms with Crippen molar-refractivity contribution in [1.82, 2.24) is 20.1 Å². The van der Waals surface area contributed by atoms with E-state index in [-0.39, 0.29) is 22.8 Å². The van der Waals surface area contributed by atoms with Crippen molar-refractivity contribution in [2.75, 3.05) is 6.54 Å². The van der Waals surface area contributed by atoms with E-state index in [0.717, 1.165) is 12.8 Å². The van der Waals surface area contributed by atoms with Gasteiger partial charge in [-0.1, -0.05) is 13.3 Å². The third kappa shape index (κ3) is 3.41. The van der Waals surface area contributed by atoms with Crippen LogP contribution in [0.4, 0.5) is 5.69 Å². The van der Waals surface area contributed by atoms with Crippen LogP contribution in [0.1, 0.15) is 30.1 Å². The van der Waals surface area contributed by atoms with Crippen molar-refractivity contribution >= 4 is 11.6 Å². The SMILES string of the molecule is CCCCNC(=O)c1ccc(-n2cncn2)c([N+](=O)[O-])c1. The summed E-state index contributed by atoms with van der Waals surface area (Å²) in [6.07, 6.45) is 4.48. The zero-order chi connectivity index (χ0) is 15.2. The number of amides is 1. The number of nitro groups is 1. The van der Waals surface area contributed by atoms with Crippen LogP contribution < -0.4 is 5.32 Å². The minimum Gasteiger partial charge on any atom is -0.352 e. The van der Waals surface area contributed by atoms with E-state index < -0.39 is 4.92 Å². The molecule has 2 aromatic rings. The third-order valence-electron chi connectivity index (χ3n) is 2.92. The smallest absolute Gasteiger partial charge is 0.295 e. The van der Waals surface area contributed by atoms with Crippen molar-refractivity contribution < 1.29 is 9.72 Å². The fourth-order valence-electron chi connectivity index (χ4n) is 1.82. The maximum atomic E-state index is 11.9. The zero-order valence-corrected chi connectivity index (χ0v) is 11.5. The van der Waals surface area contributed by atoms with Crippen molar-refractivity contribution in [2.24, 2.45) is 0 Å². The Balaban J connectivity index is 2.28. The average Bonchev–Trinajstić information content (AvgIpc) is 3.00. The van der Waals surface area contributed by atoms with E-state index >= 15 is 0 Å². The van der Waals surface area contributed by atoms with Gasteiger partial charge in [0.05, 0.1) is 4.92 Å². The van der Waals surface area contributed by atoms with Gasteiger partial charge in [0.2, 0.25) is 0 Å². The first kappa shape index (κ1) is 14.6. The van der Waals surface area contributed by atoms with Crippen LogP contribution in [0.25, 0.3) is 5.69 Å². The number of rotatable bonds is 6. The summed E-state index contributed by atoms with van der Waals surface area (Å²) in [4.78, 5) is 26.3. The summed E-state index contributed by atoms with van der Waals surface area (Å²) in [6, 6.07) is 4.27. The van der Waals surface area contributed by atoms with Gasteiger partial charge in [-0.25, -0.2) is 9.67 Å². The van der Waals surface area contributed by atoms with Crippen molar-refractivity contribution in [3.63, 3.8) is 0 Å². The van der Waals surface area contributed by atoms with Gasteiger partial charge < -0.3 is 5.32 Å². The normalized spacial score (nSPS) is 10.3. The van der Waals surface area contributed by atoms with Gasteiger partial charge in [0.25, 0.3) is 11.6 Å². The number of hydrogen-bond acceptors (Lipinski definition) is 5. The molecule has 1 amide bonds. The van der Waals surface area contributed by atoms with Gasteiger partial charge in [-0.15, -0.1) is 0 Å². The van der Waals surface area contributed by atoms with E-state index in [1.54, 1.807) is 0 Å². The number of benzene rings is 1. The second-order valence-corrected chi connectivity index (χ2v) is 4.41. The lowest BCUT2D eigenvalue weighted by Crippen LogP contribution is -2.24. The highest BCUT2D eigenvalue weighted by molar-refractivity contribution is 5.95. The molecule has 1 N–H and O–H groups in total. The van der Waals surface area contributed by atoms with E-state index in [0.29, 0.717) is 6.54 Å². The van der Waals surface area contributed by atoms with Gasteiger partial charge >= 0.3 is 0 Å². The molecule has 0 radical (unpaired) electrons. The first-order valence-electron chi connectivity index (χ1n) is 6.55. The van der Waals surface area contributed by atoms with E-state index in [9.17, 15) is 14.9 Å². The fraction of sp³-hybridized carbons (Fsp3) is 0.308. The topological polar surface area (TPSA) is 103 Å². The maximum Gasteiger partial charge on any atom is 0.295 e. The first-order chi connectivity index (χ1) is 10.1. The van der Waals surface area contributed by atoms with E-state index in [1.165, 1.54) is 35.5 Å². The molecule has 0 saturated carbocycles. The van der Waals surface area contributed by atoms with Crippen LogP contribution in [0.2, 0.25) is 0 Å². The third-order valence-corrected chi connectivity index (χ3v) is 2.92. The van der Waals surface area contributed by atoms with Crippen molar-refractivity contribution in [1.29, 1.82) is 0 Å². The Morgan fingerprint density at radius 1 is 1.48 bits per heavy atom. The molecule has 1 heterocycles. The number of nitrogens with zero attached hydrogens (tertiary/aromatic N) is 4. The van der Waals surface area contributed by atoms with Crippen molar-refractivity contribution in [3.05, 3.63) is 46.5 Å². The molecule has 0 spiro atoms. The molecule has 0 fully saturated rings. The highest BCUT2D eigenvalue weighted by Gasteiger charge is 2.19. The molecule has 0 unspecified atom stereocenters. The minimum absolute atomic E-state index is 0.191. The Hall–Kier alpha value is -2.77. The van der Waals surface area contributed by atoms with E-state index in [2.05, 4.69) is 15.4 Å². The molecular formula is C13H15N5O3. The molecule has 0 aliphatic heterocycles. The van der Waals surface area contributed by atoms with Crippen LogP contribution in [-0.2, 0) is 0 Å². The molecule has 2 rings (SSSR count). The Morgan fingerprint density at radius 2 is 2.29 bits per heavy atom. The van der Waals surface area contributed by atoms with Crippen LogP contribution in [0, 0.1) is 10.1 Å². The van der Waals surface area contributed by atoms with Crippen LogP contribution in [0.5, 0.6) is 0 Å². The Morgan fingerprint density at radius 3 is 2.90 bits per heavy atom. The average molecular weight is 289 g/mol. The Labute approximate surface area is 121 Å². The Bertz CT molecular complexity index is 639. The monoisotopic (exact) mass is 289 g/mol. The number of nitro benzene ring substituents is 1. The van der Waals surface area contributed by atoms with E-state index in [1.807, 2.05) is 6.92 Å². The number of nitrogens with one attached hydrogen (secondary N) is 1. The molecule has 0 aliphatic carbocycles. The van der Waals surface area contributed by atoms with Crippen LogP contribution in [0.15, 0.2) is 30.9 Å². The van der Waals surface area contributed by atoms with Crippen LogP contribution >= 0.6 is 0 Å². The van der Waals surface area contributed by atoms with Gasteiger partial charge in [-0.05, 0) is 18.6 Å². The number of hydrogen-bond donors (Lipinski definition) is 1. The number of carbonyl (C=O) groups is 1. The second-order valence-electron chi connectivity index (χ2n) is 4.41.